The van der Waals surface area contributed by atoms with Crippen LogP contribution in [0.25, 0.3) is 6.08 Å². The zero-order valence-electron chi connectivity index (χ0n) is 13.1. The van der Waals surface area contributed by atoms with Crippen molar-refractivity contribution in [3.8, 4) is 11.9 Å². The van der Waals surface area contributed by atoms with Gasteiger partial charge in [-0.1, -0.05) is 18.9 Å². The average molecular weight is 310 g/mol. The Balaban J connectivity index is 2.12. The van der Waals surface area contributed by atoms with E-state index >= 15 is 0 Å². The van der Waals surface area contributed by atoms with Gasteiger partial charge in [-0.15, -0.1) is 5.10 Å². The number of aryl methyl sites for hydroxylation is 1. The van der Waals surface area contributed by atoms with Gasteiger partial charge in [0.15, 0.2) is 0 Å². The summed E-state index contributed by atoms with van der Waals surface area (Å²) in [4.78, 5) is 0. The Morgan fingerprint density at radius 2 is 2.39 bits per heavy atom. The molecule has 0 aromatic carbocycles. The Labute approximate surface area is 134 Å². The summed E-state index contributed by atoms with van der Waals surface area (Å²) in [5.41, 5.74) is 9.13. The Hall–Kier alpha value is -2.94. The van der Waals surface area contributed by atoms with E-state index in [2.05, 4.69) is 23.2 Å². The largest absolute Gasteiger partial charge is 0.465 e. The van der Waals surface area contributed by atoms with E-state index < -0.39 is 0 Å². The van der Waals surface area contributed by atoms with Gasteiger partial charge in [0.25, 0.3) is 0 Å². The van der Waals surface area contributed by atoms with E-state index in [1.807, 2.05) is 25.1 Å². The lowest BCUT2D eigenvalue weighted by atomic mass is 9.83. The lowest BCUT2D eigenvalue weighted by molar-refractivity contribution is 0.378. The summed E-state index contributed by atoms with van der Waals surface area (Å²) < 4.78 is 10.9. The zero-order chi connectivity index (χ0) is 16.4. The molecule has 0 radical (unpaired) electrons. The summed E-state index contributed by atoms with van der Waals surface area (Å²) in [5, 5.41) is 16.8. The number of hydrogen-bond donors (Lipinski definition) is 2. The number of fused-ring (bicyclic) bond motifs is 1. The highest BCUT2D eigenvalue weighted by atomic mass is 16.5. The third-order valence-corrected chi connectivity index (χ3v) is 3.89. The number of nitriles is 1. The second kappa shape index (κ2) is 6.05. The highest BCUT2D eigenvalue weighted by Crippen LogP contribution is 2.43. The molecule has 0 spiro atoms. The molecule has 0 amide bonds. The topological polar surface area (TPSA) is 101 Å². The molecule has 0 fully saturated rings. The molecular weight excluding hydrogens is 292 g/mol. The molecule has 0 saturated carbocycles. The average Bonchev–Trinajstić information content (AvgIpc) is 3.16. The molecule has 0 saturated heterocycles. The van der Waals surface area contributed by atoms with Gasteiger partial charge in [-0.25, -0.2) is 0 Å². The van der Waals surface area contributed by atoms with Crippen molar-refractivity contribution in [1.82, 2.24) is 10.2 Å². The molecule has 23 heavy (non-hydrogen) atoms. The maximum Gasteiger partial charge on any atom is 0.244 e. The zero-order valence-corrected chi connectivity index (χ0v) is 13.1. The second-order valence-corrected chi connectivity index (χ2v) is 5.50. The van der Waals surface area contributed by atoms with Crippen molar-refractivity contribution in [2.45, 2.75) is 32.6 Å². The highest BCUT2D eigenvalue weighted by molar-refractivity contribution is 5.60. The molecule has 1 aliphatic rings. The quantitative estimate of drug-likeness (QED) is 0.902. The molecular formula is C17H18N4O2. The first kappa shape index (κ1) is 15.0. The van der Waals surface area contributed by atoms with Crippen molar-refractivity contribution in [2.75, 3.05) is 0 Å². The summed E-state index contributed by atoms with van der Waals surface area (Å²) in [7, 11) is 0. The van der Waals surface area contributed by atoms with Gasteiger partial charge >= 0.3 is 0 Å². The van der Waals surface area contributed by atoms with Gasteiger partial charge in [-0.05, 0) is 31.6 Å². The normalized spacial score (nSPS) is 17.6. The fraction of sp³-hybridized carbons (Fsp3) is 0.294. The fourth-order valence-corrected chi connectivity index (χ4v) is 2.89. The van der Waals surface area contributed by atoms with E-state index in [-0.39, 0.29) is 11.8 Å². The third-order valence-electron chi connectivity index (χ3n) is 3.89. The maximum absolute atomic E-state index is 9.54. The van der Waals surface area contributed by atoms with Gasteiger partial charge in [0.1, 0.15) is 17.4 Å². The fourth-order valence-electron chi connectivity index (χ4n) is 2.89. The number of allylic oxidation sites excluding steroid dienone is 2. The molecule has 6 heteroatoms. The van der Waals surface area contributed by atoms with E-state index in [9.17, 15) is 5.26 Å². The second-order valence-electron chi connectivity index (χ2n) is 5.50. The maximum atomic E-state index is 9.54. The van der Waals surface area contributed by atoms with Crippen LogP contribution in [0.5, 0.6) is 5.88 Å². The van der Waals surface area contributed by atoms with Crippen molar-refractivity contribution in [3.63, 3.8) is 0 Å². The van der Waals surface area contributed by atoms with Gasteiger partial charge < -0.3 is 14.9 Å². The number of furan rings is 1. The summed E-state index contributed by atoms with van der Waals surface area (Å²) in [6.45, 7) is 4.04. The number of hydrogen-bond acceptors (Lipinski definition) is 5. The van der Waals surface area contributed by atoms with Crippen LogP contribution in [0.3, 0.4) is 0 Å². The lowest BCUT2D eigenvalue weighted by Crippen LogP contribution is -2.21. The number of H-pyrrole nitrogens is 1. The van der Waals surface area contributed by atoms with Gasteiger partial charge in [0.05, 0.1) is 12.2 Å². The number of rotatable bonds is 4. The molecule has 1 aliphatic heterocycles. The molecule has 1 atom stereocenters. The van der Waals surface area contributed by atoms with Crippen LogP contribution in [-0.2, 0) is 6.42 Å². The van der Waals surface area contributed by atoms with Crippen LogP contribution < -0.4 is 10.5 Å². The summed E-state index contributed by atoms with van der Waals surface area (Å²) in [6, 6.07) is 5.87. The van der Waals surface area contributed by atoms with Crippen molar-refractivity contribution in [1.29, 1.82) is 5.26 Å². The van der Waals surface area contributed by atoms with E-state index in [0.717, 1.165) is 35.4 Å². The van der Waals surface area contributed by atoms with Crippen LogP contribution in [0, 0.1) is 11.3 Å². The van der Waals surface area contributed by atoms with Crippen molar-refractivity contribution >= 4 is 6.08 Å². The molecule has 3 heterocycles. The van der Waals surface area contributed by atoms with E-state index in [1.54, 1.807) is 6.26 Å². The number of nitrogens with two attached hydrogens (primary N) is 1. The number of aromatic amines is 1. The van der Waals surface area contributed by atoms with Crippen LogP contribution in [0.15, 0.2) is 39.8 Å². The minimum Gasteiger partial charge on any atom is -0.465 e. The predicted octanol–water partition coefficient (Wildman–Crippen LogP) is 3.23. The molecule has 0 bridgehead atoms. The number of nitrogens with zero attached hydrogens (tertiary/aromatic N) is 2. The summed E-state index contributed by atoms with van der Waals surface area (Å²) in [6.07, 6.45) is 5.32. The van der Waals surface area contributed by atoms with Crippen LogP contribution in [0.2, 0.25) is 0 Å². The molecule has 2 aromatic rings. The van der Waals surface area contributed by atoms with Crippen LogP contribution >= 0.6 is 0 Å². The standard InChI is InChI=1S/C17H18N4O2/c1-3-5-13-15-14(10(2)8-11-6-4-7-22-11)12(9-18)16(19)23-17(15)21-20-13/h4,6-8,14H,3,5,19H2,1-2H3,(H,20,21)/b10-8+. The Morgan fingerprint density at radius 3 is 3.04 bits per heavy atom. The summed E-state index contributed by atoms with van der Waals surface area (Å²) in [5.74, 6) is 0.995. The third kappa shape index (κ3) is 2.61. The first-order chi connectivity index (χ1) is 11.2. The Morgan fingerprint density at radius 1 is 1.57 bits per heavy atom. The Bertz CT molecular complexity index is 806. The van der Waals surface area contributed by atoms with Crippen LogP contribution in [0.1, 0.15) is 43.2 Å². The smallest absolute Gasteiger partial charge is 0.244 e. The van der Waals surface area contributed by atoms with E-state index in [4.69, 9.17) is 14.9 Å². The monoisotopic (exact) mass is 310 g/mol. The first-order valence-electron chi connectivity index (χ1n) is 7.52. The molecule has 2 aromatic heterocycles. The number of ether oxygens (including phenoxy) is 1. The molecule has 3 N–H and O–H groups in total. The minimum absolute atomic E-state index is 0.103. The number of nitrogens with one attached hydrogen (secondary N) is 1. The van der Waals surface area contributed by atoms with E-state index in [1.165, 1.54) is 0 Å². The summed E-state index contributed by atoms with van der Waals surface area (Å²) >= 11 is 0. The minimum atomic E-state index is -0.283. The highest BCUT2D eigenvalue weighted by Gasteiger charge is 2.34. The van der Waals surface area contributed by atoms with E-state index in [0.29, 0.717) is 11.5 Å². The van der Waals surface area contributed by atoms with Gasteiger partial charge in [-0.3, -0.25) is 5.10 Å². The molecule has 1 unspecified atom stereocenters. The van der Waals surface area contributed by atoms with Gasteiger partial charge in [0.2, 0.25) is 11.8 Å². The molecule has 118 valence electrons. The van der Waals surface area contributed by atoms with Crippen molar-refractivity contribution in [3.05, 3.63) is 52.4 Å². The molecule has 6 nitrogen and oxygen atoms in total. The van der Waals surface area contributed by atoms with Crippen molar-refractivity contribution < 1.29 is 9.15 Å². The van der Waals surface area contributed by atoms with Crippen LogP contribution in [0.4, 0.5) is 0 Å². The van der Waals surface area contributed by atoms with Gasteiger partial charge in [-0.2, -0.15) is 5.26 Å². The van der Waals surface area contributed by atoms with Gasteiger partial charge in [0, 0.05) is 11.3 Å². The van der Waals surface area contributed by atoms with Crippen molar-refractivity contribution in [2.24, 2.45) is 5.73 Å². The first-order valence-corrected chi connectivity index (χ1v) is 7.52. The molecule has 0 aliphatic carbocycles. The predicted molar refractivity (Wildman–Crippen MR) is 85.1 cm³/mol. The number of aromatic nitrogens is 2. The SMILES string of the molecule is CCCc1[nH]nc2c1C(/C(C)=C/c1ccco1)C(C#N)=C(N)O2. The lowest BCUT2D eigenvalue weighted by Gasteiger charge is -2.24. The van der Waals surface area contributed by atoms with Crippen LogP contribution in [-0.4, -0.2) is 10.2 Å². The Kier molecular flexibility index (Phi) is 3.94. The molecule has 3 rings (SSSR count).